The van der Waals surface area contributed by atoms with Gasteiger partial charge in [0, 0.05) is 18.9 Å². The molecular formula is C17H22N4O4S. The number of aryl methyl sites for hydroxylation is 1. The SMILES string of the molecule is CN(/N=C/c1cc[n+](C)c(=O)n1CCCCS(=O)(=O)[O-])c1ccccc1. The van der Waals surface area contributed by atoms with Gasteiger partial charge in [-0.2, -0.15) is 14.5 Å². The van der Waals surface area contributed by atoms with Crippen molar-refractivity contribution in [2.75, 3.05) is 17.8 Å². The lowest BCUT2D eigenvalue weighted by atomic mass is 10.3. The minimum atomic E-state index is -4.23. The van der Waals surface area contributed by atoms with E-state index in [1.54, 1.807) is 37.6 Å². The van der Waals surface area contributed by atoms with Gasteiger partial charge in [-0.05, 0) is 25.0 Å². The summed E-state index contributed by atoms with van der Waals surface area (Å²) in [6.45, 7) is 0.305. The fourth-order valence-electron chi connectivity index (χ4n) is 2.39. The number of rotatable bonds is 8. The van der Waals surface area contributed by atoms with E-state index in [4.69, 9.17) is 0 Å². The second-order valence-electron chi connectivity index (χ2n) is 5.86. The first-order valence-electron chi connectivity index (χ1n) is 8.14. The molecule has 2 aromatic rings. The molecule has 0 aliphatic heterocycles. The molecule has 8 nitrogen and oxygen atoms in total. The molecule has 1 aromatic heterocycles. The molecule has 0 fully saturated rings. The Balaban J connectivity index is 2.16. The van der Waals surface area contributed by atoms with Crippen LogP contribution in [0.15, 0.2) is 52.5 Å². The lowest BCUT2D eigenvalue weighted by molar-refractivity contribution is -0.691. The highest BCUT2D eigenvalue weighted by Crippen LogP contribution is 2.11. The Morgan fingerprint density at radius 2 is 1.92 bits per heavy atom. The second kappa shape index (κ2) is 8.72. The van der Waals surface area contributed by atoms with Crippen LogP contribution in [0.4, 0.5) is 5.69 Å². The highest BCUT2D eigenvalue weighted by atomic mass is 32.2. The van der Waals surface area contributed by atoms with E-state index in [9.17, 15) is 17.8 Å². The first kappa shape index (κ1) is 19.8. The normalized spacial score (nSPS) is 11.8. The number of benzene rings is 1. The topological polar surface area (TPSA) is 98.7 Å². The number of hydrogen-bond donors (Lipinski definition) is 0. The van der Waals surface area contributed by atoms with E-state index in [-0.39, 0.29) is 12.1 Å². The monoisotopic (exact) mass is 378 g/mol. The number of nitrogens with zero attached hydrogens (tertiary/aromatic N) is 4. The Morgan fingerprint density at radius 3 is 2.58 bits per heavy atom. The lowest BCUT2D eigenvalue weighted by Crippen LogP contribution is -2.51. The largest absolute Gasteiger partial charge is 0.748 e. The van der Waals surface area contributed by atoms with E-state index in [0.717, 1.165) is 5.69 Å². The van der Waals surface area contributed by atoms with Gasteiger partial charge in [0.25, 0.3) is 0 Å². The van der Waals surface area contributed by atoms with E-state index in [1.165, 1.54) is 9.13 Å². The van der Waals surface area contributed by atoms with Crippen molar-refractivity contribution >= 4 is 22.0 Å². The minimum absolute atomic E-state index is 0.206. The summed E-state index contributed by atoms with van der Waals surface area (Å²) in [6.07, 6.45) is 3.84. The average molecular weight is 378 g/mol. The van der Waals surface area contributed by atoms with E-state index in [1.807, 2.05) is 30.3 Å². The summed E-state index contributed by atoms with van der Waals surface area (Å²) in [5.41, 5.74) is 1.27. The highest BCUT2D eigenvalue weighted by Gasteiger charge is 2.13. The van der Waals surface area contributed by atoms with Gasteiger partial charge >= 0.3 is 5.69 Å². The van der Waals surface area contributed by atoms with Crippen LogP contribution in [0.25, 0.3) is 0 Å². The summed E-state index contributed by atoms with van der Waals surface area (Å²) in [5, 5.41) is 6.04. The van der Waals surface area contributed by atoms with Gasteiger partial charge in [0.15, 0.2) is 5.69 Å². The van der Waals surface area contributed by atoms with Crippen molar-refractivity contribution < 1.29 is 17.5 Å². The standard InChI is InChI=1S/C17H22N4O4S/c1-19-12-10-16(14-18-20(2)15-8-4-3-5-9-15)21(17(19)22)11-6-7-13-26(23,24)25/h3-5,8-10,12,14H,6-7,11,13H2,1-2H3. The van der Waals surface area contributed by atoms with Gasteiger partial charge in [0.1, 0.15) is 0 Å². The average Bonchev–Trinajstić information content (AvgIpc) is 2.60. The van der Waals surface area contributed by atoms with Crippen LogP contribution in [-0.2, 0) is 23.7 Å². The molecule has 2 rings (SSSR count). The Bertz CT molecular complexity index is 924. The molecule has 0 saturated heterocycles. The van der Waals surface area contributed by atoms with Gasteiger partial charge < -0.3 is 4.55 Å². The number of hydrazone groups is 1. The molecule has 0 saturated carbocycles. The number of anilines is 1. The van der Waals surface area contributed by atoms with Crippen LogP contribution in [0, 0.1) is 0 Å². The fourth-order valence-corrected chi connectivity index (χ4v) is 2.94. The number of unbranched alkanes of at least 4 members (excludes halogenated alkanes) is 1. The Labute approximate surface area is 152 Å². The molecule has 9 heteroatoms. The van der Waals surface area contributed by atoms with E-state index >= 15 is 0 Å². The van der Waals surface area contributed by atoms with Crippen LogP contribution in [0.3, 0.4) is 0 Å². The number of aromatic nitrogens is 2. The molecule has 0 unspecified atom stereocenters. The zero-order valence-electron chi connectivity index (χ0n) is 14.8. The van der Waals surface area contributed by atoms with Gasteiger partial charge in [-0.25, -0.2) is 13.0 Å². The summed E-state index contributed by atoms with van der Waals surface area (Å²) in [5.74, 6) is -0.430. The van der Waals surface area contributed by atoms with E-state index in [0.29, 0.717) is 18.7 Å². The maximum atomic E-state index is 12.4. The van der Waals surface area contributed by atoms with E-state index in [2.05, 4.69) is 5.10 Å². The molecule has 0 aliphatic rings. The van der Waals surface area contributed by atoms with Crippen molar-refractivity contribution in [3.05, 3.63) is 58.8 Å². The van der Waals surface area contributed by atoms with Gasteiger partial charge in [-0.15, -0.1) is 0 Å². The van der Waals surface area contributed by atoms with Crippen LogP contribution in [0.1, 0.15) is 18.5 Å². The number of para-hydroxylation sites is 1. The molecule has 26 heavy (non-hydrogen) atoms. The Kier molecular flexibility index (Phi) is 6.64. The molecule has 0 aliphatic carbocycles. The molecule has 0 atom stereocenters. The third-order valence-corrected chi connectivity index (χ3v) is 4.62. The molecule has 1 aromatic carbocycles. The van der Waals surface area contributed by atoms with Gasteiger partial charge in [-0.3, -0.25) is 5.01 Å². The summed E-state index contributed by atoms with van der Waals surface area (Å²) in [7, 11) is -0.796. The number of hydrogen-bond acceptors (Lipinski definition) is 6. The highest BCUT2D eigenvalue weighted by molar-refractivity contribution is 7.85. The maximum absolute atomic E-state index is 12.4. The fraction of sp³-hybridized carbons (Fsp3) is 0.353. The van der Waals surface area contributed by atoms with Crippen molar-refractivity contribution in [3.8, 4) is 0 Å². The predicted molar refractivity (Wildman–Crippen MR) is 98.1 cm³/mol. The lowest BCUT2D eigenvalue weighted by Gasteiger charge is -2.12. The van der Waals surface area contributed by atoms with Crippen molar-refractivity contribution in [2.24, 2.45) is 12.1 Å². The summed E-state index contributed by atoms with van der Waals surface area (Å²) in [4.78, 5) is 12.4. The maximum Gasteiger partial charge on any atom is 0.498 e. The van der Waals surface area contributed by atoms with Crippen molar-refractivity contribution in [1.82, 2.24) is 4.57 Å². The van der Waals surface area contributed by atoms with E-state index < -0.39 is 15.9 Å². The first-order valence-corrected chi connectivity index (χ1v) is 9.71. The minimum Gasteiger partial charge on any atom is -0.748 e. The van der Waals surface area contributed by atoms with Crippen LogP contribution < -0.4 is 15.3 Å². The third-order valence-electron chi connectivity index (χ3n) is 3.83. The summed E-state index contributed by atoms with van der Waals surface area (Å²) in [6, 6.07) is 11.3. The third kappa shape index (κ3) is 5.78. The Morgan fingerprint density at radius 1 is 1.23 bits per heavy atom. The molecule has 0 bridgehead atoms. The molecule has 0 N–H and O–H groups in total. The Hall–Kier alpha value is -2.52. The van der Waals surface area contributed by atoms with Gasteiger partial charge in [0.2, 0.25) is 0 Å². The van der Waals surface area contributed by atoms with Crippen molar-refractivity contribution in [2.45, 2.75) is 19.4 Å². The summed E-state index contributed by atoms with van der Waals surface area (Å²) < 4.78 is 35.0. The van der Waals surface area contributed by atoms with Crippen LogP contribution >= 0.6 is 0 Å². The molecule has 0 amide bonds. The zero-order valence-corrected chi connectivity index (χ0v) is 15.6. The second-order valence-corrected chi connectivity index (χ2v) is 7.38. The van der Waals surface area contributed by atoms with Crippen LogP contribution in [-0.4, -0.2) is 36.6 Å². The smallest absolute Gasteiger partial charge is 0.498 e. The predicted octanol–water partition coefficient (Wildman–Crippen LogP) is 0.469. The molecule has 0 spiro atoms. The first-order chi connectivity index (χ1) is 12.3. The summed E-state index contributed by atoms with van der Waals surface area (Å²) >= 11 is 0. The quantitative estimate of drug-likeness (QED) is 0.219. The molecule has 0 radical (unpaired) electrons. The van der Waals surface area contributed by atoms with Gasteiger partial charge in [0.05, 0.1) is 41.8 Å². The van der Waals surface area contributed by atoms with Crippen molar-refractivity contribution in [3.63, 3.8) is 0 Å². The van der Waals surface area contributed by atoms with Crippen LogP contribution in [0.5, 0.6) is 0 Å². The molecule has 140 valence electrons. The zero-order chi connectivity index (χ0) is 19.2. The van der Waals surface area contributed by atoms with Crippen LogP contribution in [0.2, 0.25) is 0 Å². The van der Waals surface area contributed by atoms with Gasteiger partial charge in [-0.1, -0.05) is 18.2 Å². The molecule has 1 heterocycles. The molecular weight excluding hydrogens is 356 g/mol. The van der Waals surface area contributed by atoms with Crippen molar-refractivity contribution in [1.29, 1.82) is 0 Å².